The Morgan fingerprint density at radius 3 is 2.81 bits per heavy atom. The number of aromatic amines is 1. The number of halogens is 3. The minimum atomic E-state index is -4.36. The van der Waals surface area contributed by atoms with Crippen LogP contribution in [-0.2, 0) is 6.18 Å². The van der Waals surface area contributed by atoms with Crippen LogP contribution in [0.15, 0.2) is 6.07 Å². The van der Waals surface area contributed by atoms with E-state index in [4.69, 9.17) is 0 Å². The van der Waals surface area contributed by atoms with E-state index in [0.717, 1.165) is 39.0 Å². The van der Waals surface area contributed by atoms with Crippen LogP contribution in [0.1, 0.15) is 43.0 Å². The molecule has 0 saturated carbocycles. The zero-order chi connectivity index (χ0) is 14.9. The summed E-state index contributed by atoms with van der Waals surface area (Å²) in [6.07, 6.45) is 0.00356. The summed E-state index contributed by atoms with van der Waals surface area (Å²) >= 11 is 0. The average Bonchev–Trinajstić information content (AvgIpc) is 3.09. The molecule has 2 atom stereocenters. The lowest BCUT2D eigenvalue weighted by Crippen LogP contribution is -2.42. The van der Waals surface area contributed by atoms with Crippen LogP contribution in [0.3, 0.4) is 0 Å². The van der Waals surface area contributed by atoms with Gasteiger partial charge in [-0.15, -0.1) is 0 Å². The van der Waals surface area contributed by atoms with Crippen LogP contribution in [0.5, 0.6) is 0 Å². The number of rotatable bonds is 3. The second-order valence-electron chi connectivity index (χ2n) is 6.10. The standard InChI is InChI=1S/C14H21F3N4/c15-14(16,17)13-7-12(19-20-13)10-3-2-6-21(8-10)9-11-4-1-5-18-11/h7,10-11,18H,1-6,8-9H2,(H,19,20). The van der Waals surface area contributed by atoms with Gasteiger partial charge in [0, 0.05) is 30.7 Å². The maximum atomic E-state index is 12.6. The van der Waals surface area contributed by atoms with Crippen molar-refractivity contribution in [3.05, 3.63) is 17.5 Å². The summed E-state index contributed by atoms with van der Waals surface area (Å²) in [6.45, 7) is 3.93. The zero-order valence-electron chi connectivity index (χ0n) is 11.9. The molecule has 3 heterocycles. The first-order valence-electron chi connectivity index (χ1n) is 7.60. The topological polar surface area (TPSA) is 44.0 Å². The van der Waals surface area contributed by atoms with Gasteiger partial charge in [0.1, 0.15) is 0 Å². The molecule has 1 aromatic rings. The molecule has 21 heavy (non-hydrogen) atoms. The van der Waals surface area contributed by atoms with E-state index >= 15 is 0 Å². The largest absolute Gasteiger partial charge is 0.435 e. The van der Waals surface area contributed by atoms with Crippen molar-refractivity contribution < 1.29 is 13.2 Å². The molecule has 4 nitrogen and oxygen atoms in total. The predicted molar refractivity (Wildman–Crippen MR) is 73.0 cm³/mol. The van der Waals surface area contributed by atoms with Crippen LogP contribution < -0.4 is 5.32 Å². The molecule has 0 amide bonds. The molecule has 2 N–H and O–H groups in total. The van der Waals surface area contributed by atoms with E-state index in [1.807, 2.05) is 0 Å². The first-order valence-corrected chi connectivity index (χ1v) is 7.60. The summed E-state index contributed by atoms with van der Waals surface area (Å²) in [5, 5.41) is 9.47. The summed E-state index contributed by atoms with van der Waals surface area (Å²) in [5.41, 5.74) is -0.196. The van der Waals surface area contributed by atoms with Gasteiger partial charge in [-0.25, -0.2) is 0 Å². The van der Waals surface area contributed by atoms with Crippen molar-refractivity contribution in [1.29, 1.82) is 0 Å². The van der Waals surface area contributed by atoms with E-state index < -0.39 is 11.9 Å². The van der Waals surface area contributed by atoms with Crippen LogP contribution in [0, 0.1) is 0 Å². The molecule has 118 valence electrons. The Hall–Kier alpha value is -1.08. The number of piperidine rings is 1. The number of nitrogens with one attached hydrogen (secondary N) is 2. The maximum absolute atomic E-state index is 12.6. The Bertz CT molecular complexity index is 465. The van der Waals surface area contributed by atoms with Gasteiger partial charge in [-0.1, -0.05) is 0 Å². The molecule has 3 rings (SSSR count). The van der Waals surface area contributed by atoms with Gasteiger partial charge in [0.05, 0.1) is 0 Å². The van der Waals surface area contributed by atoms with Crippen molar-refractivity contribution in [3.8, 4) is 0 Å². The van der Waals surface area contributed by atoms with Crippen molar-refractivity contribution >= 4 is 0 Å². The number of alkyl halides is 3. The molecule has 1 aromatic heterocycles. The summed E-state index contributed by atoms with van der Waals surface area (Å²) in [5.74, 6) is 0.128. The van der Waals surface area contributed by atoms with Gasteiger partial charge in [0.25, 0.3) is 0 Å². The molecule has 0 radical (unpaired) electrons. The normalized spacial score (nSPS) is 28.1. The number of hydrogen-bond acceptors (Lipinski definition) is 3. The number of nitrogens with zero attached hydrogens (tertiary/aromatic N) is 2. The highest BCUT2D eigenvalue weighted by Gasteiger charge is 2.35. The Morgan fingerprint density at radius 2 is 2.14 bits per heavy atom. The molecule has 0 aliphatic carbocycles. The highest BCUT2D eigenvalue weighted by atomic mass is 19.4. The van der Waals surface area contributed by atoms with Gasteiger partial charge in [-0.05, 0) is 44.8 Å². The molecular weight excluding hydrogens is 281 g/mol. The molecule has 2 fully saturated rings. The Morgan fingerprint density at radius 1 is 1.29 bits per heavy atom. The van der Waals surface area contributed by atoms with Crippen molar-refractivity contribution in [2.45, 2.75) is 43.8 Å². The lowest BCUT2D eigenvalue weighted by molar-refractivity contribution is -0.141. The third kappa shape index (κ3) is 3.58. The Balaban J connectivity index is 1.61. The Kier molecular flexibility index (Phi) is 4.21. The average molecular weight is 302 g/mol. The third-order valence-corrected chi connectivity index (χ3v) is 4.47. The molecule has 2 aliphatic heterocycles. The van der Waals surface area contributed by atoms with Crippen molar-refractivity contribution in [2.75, 3.05) is 26.2 Å². The number of hydrogen-bond donors (Lipinski definition) is 2. The minimum absolute atomic E-state index is 0.128. The molecule has 0 aromatic carbocycles. The molecule has 2 saturated heterocycles. The van der Waals surface area contributed by atoms with Crippen LogP contribution in [0.25, 0.3) is 0 Å². The smallest absolute Gasteiger partial charge is 0.313 e. The molecule has 7 heteroatoms. The molecule has 0 spiro atoms. The fourth-order valence-corrected chi connectivity index (χ4v) is 3.39. The van der Waals surface area contributed by atoms with E-state index in [2.05, 4.69) is 20.4 Å². The highest BCUT2D eigenvalue weighted by Crippen LogP contribution is 2.32. The predicted octanol–water partition coefficient (Wildman–Crippen LogP) is 2.36. The van der Waals surface area contributed by atoms with E-state index in [9.17, 15) is 13.2 Å². The van der Waals surface area contributed by atoms with Gasteiger partial charge in [-0.2, -0.15) is 18.3 Å². The Labute approximate surface area is 122 Å². The third-order valence-electron chi connectivity index (χ3n) is 4.47. The maximum Gasteiger partial charge on any atom is 0.435 e. The van der Waals surface area contributed by atoms with Gasteiger partial charge < -0.3 is 10.2 Å². The van der Waals surface area contributed by atoms with Crippen LogP contribution in [-0.4, -0.2) is 47.3 Å². The van der Waals surface area contributed by atoms with Crippen LogP contribution in [0.2, 0.25) is 0 Å². The summed E-state index contributed by atoms with van der Waals surface area (Å²) in [6, 6.07) is 1.71. The fraction of sp³-hybridized carbons (Fsp3) is 0.786. The highest BCUT2D eigenvalue weighted by molar-refractivity contribution is 5.16. The first kappa shape index (κ1) is 14.8. The van der Waals surface area contributed by atoms with Crippen molar-refractivity contribution in [3.63, 3.8) is 0 Å². The summed E-state index contributed by atoms with van der Waals surface area (Å²) < 4.78 is 37.8. The van der Waals surface area contributed by atoms with Crippen LogP contribution in [0.4, 0.5) is 13.2 Å². The zero-order valence-corrected chi connectivity index (χ0v) is 11.9. The SMILES string of the molecule is FC(F)(F)c1cc(C2CCCN(CC3CCCN3)C2)[nH]n1. The molecule has 2 unspecified atom stereocenters. The van der Waals surface area contributed by atoms with Crippen molar-refractivity contribution in [1.82, 2.24) is 20.4 Å². The van der Waals surface area contributed by atoms with Gasteiger partial charge in [0.2, 0.25) is 0 Å². The lowest BCUT2D eigenvalue weighted by Gasteiger charge is -2.33. The van der Waals surface area contributed by atoms with Gasteiger partial charge in [-0.3, -0.25) is 5.10 Å². The number of H-pyrrole nitrogens is 1. The van der Waals surface area contributed by atoms with Crippen molar-refractivity contribution in [2.24, 2.45) is 0 Å². The van der Waals surface area contributed by atoms with E-state index in [-0.39, 0.29) is 5.92 Å². The van der Waals surface area contributed by atoms with E-state index in [1.165, 1.54) is 18.9 Å². The quantitative estimate of drug-likeness (QED) is 0.901. The second kappa shape index (κ2) is 5.96. The van der Waals surface area contributed by atoms with E-state index in [0.29, 0.717) is 11.7 Å². The van der Waals surface area contributed by atoms with Gasteiger partial charge in [0.15, 0.2) is 5.69 Å². The van der Waals surface area contributed by atoms with Gasteiger partial charge >= 0.3 is 6.18 Å². The number of likely N-dealkylation sites (tertiary alicyclic amines) is 1. The monoisotopic (exact) mass is 302 g/mol. The summed E-state index contributed by atoms with van der Waals surface area (Å²) in [4.78, 5) is 2.37. The number of aromatic nitrogens is 2. The molecular formula is C14H21F3N4. The minimum Gasteiger partial charge on any atom is -0.313 e. The fourth-order valence-electron chi connectivity index (χ4n) is 3.39. The molecule has 0 bridgehead atoms. The van der Waals surface area contributed by atoms with Crippen LogP contribution >= 0.6 is 0 Å². The lowest BCUT2D eigenvalue weighted by atomic mass is 9.94. The van der Waals surface area contributed by atoms with E-state index in [1.54, 1.807) is 0 Å². The summed E-state index contributed by atoms with van der Waals surface area (Å²) in [7, 11) is 0. The second-order valence-corrected chi connectivity index (χ2v) is 6.10. The molecule has 2 aliphatic rings. The first-order chi connectivity index (χ1) is 10.0.